The molecule has 31 heavy (non-hydrogen) atoms. The largest absolute Gasteiger partial charge is 0.508 e. The molecule has 0 amide bonds. The Hall–Kier alpha value is -3.98. The van der Waals surface area contributed by atoms with Crippen molar-refractivity contribution >= 4 is 35.4 Å². The van der Waals surface area contributed by atoms with Gasteiger partial charge in [0.05, 0.1) is 11.9 Å². The number of nitrogens with one attached hydrogen (secondary N) is 2. The average molecular weight is 435 g/mol. The van der Waals surface area contributed by atoms with Gasteiger partial charge in [-0.2, -0.15) is 25.2 Å². The van der Waals surface area contributed by atoms with Crippen LogP contribution in [0.15, 0.2) is 59.7 Å². The molecule has 10 heteroatoms. The number of phenolic OH excluding ortho intramolecular Hbond substituents is 1. The molecule has 0 fully saturated rings. The van der Waals surface area contributed by atoms with Crippen molar-refractivity contribution in [2.45, 2.75) is 13.8 Å². The van der Waals surface area contributed by atoms with Gasteiger partial charge in [0.2, 0.25) is 11.9 Å². The van der Waals surface area contributed by atoms with E-state index in [2.05, 4.69) is 35.9 Å². The molecule has 0 unspecified atom stereocenters. The van der Waals surface area contributed by atoms with E-state index in [1.165, 1.54) is 0 Å². The second kappa shape index (κ2) is 8.80. The van der Waals surface area contributed by atoms with Gasteiger partial charge in [-0.25, -0.2) is 10.1 Å². The Morgan fingerprint density at radius 1 is 1.00 bits per heavy atom. The van der Waals surface area contributed by atoms with Crippen LogP contribution in [0.1, 0.15) is 17.0 Å². The molecule has 0 saturated heterocycles. The van der Waals surface area contributed by atoms with Gasteiger partial charge in [0.15, 0.2) is 0 Å². The molecule has 156 valence electrons. The van der Waals surface area contributed by atoms with Gasteiger partial charge in [0.25, 0.3) is 5.95 Å². The van der Waals surface area contributed by atoms with Crippen LogP contribution < -0.4 is 10.7 Å². The van der Waals surface area contributed by atoms with Gasteiger partial charge >= 0.3 is 0 Å². The predicted octanol–water partition coefficient (Wildman–Crippen LogP) is 4.22. The summed E-state index contributed by atoms with van der Waals surface area (Å²) in [5.41, 5.74) is 6.03. The second-order valence-electron chi connectivity index (χ2n) is 6.72. The lowest BCUT2D eigenvalue weighted by molar-refractivity contribution is 0.475. The monoisotopic (exact) mass is 434 g/mol. The van der Waals surface area contributed by atoms with Gasteiger partial charge in [-0.3, -0.25) is 0 Å². The Bertz CT molecular complexity index is 1240. The van der Waals surface area contributed by atoms with Gasteiger partial charge in [-0.15, -0.1) is 0 Å². The molecule has 3 N–H and O–H groups in total. The third-order valence-corrected chi connectivity index (χ3v) is 4.42. The molecule has 0 aliphatic rings. The average Bonchev–Trinajstić information content (AvgIpc) is 3.08. The zero-order chi connectivity index (χ0) is 21.8. The number of anilines is 3. The molecule has 0 aliphatic carbocycles. The van der Waals surface area contributed by atoms with E-state index in [1.807, 2.05) is 38.1 Å². The standard InChI is InChI=1S/C21H19ClN8O/c1-13-10-14(2)30(29-13)21-26-19(24-17-8-6-16(22)7-9-17)25-20(27-21)28-23-12-15-4-3-5-18(31)11-15/h3-12,31H,1-2H3,(H2,24,25,26,27,28). The summed E-state index contributed by atoms with van der Waals surface area (Å²) >= 11 is 5.96. The molecule has 2 aromatic heterocycles. The topological polar surface area (TPSA) is 113 Å². The van der Waals surface area contributed by atoms with Crippen molar-refractivity contribution < 1.29 is 5.11 Å². The Kier molecular flexibility index (Phi) is 5.76. The van der Waals surface area contributed by atoms with Crippen LogP contribution >= 0.6 is 11.6 Å². The first kappa shape index (κ1) is 20.3. The third-order valence-electron chi connectivity index (χ3n) is 4.17. The maximum Gasteiger partial charge on any atom is 0.257 e. The highest BCUT2D eigenvalue weighted by Gasteiger charge is 2.12. The molecule has 2 heterocycles. The molecule has 0 radical (unpaired) electrons. The third kappa shape index (κ3) is 5.14. The number of benzene rings is 2. The summed E-state index contributed by atoms with van der Waals surface area (Å²) < 4.78 is 1.63. The van der Waals surface area contributed by atoms with E-state index in [9.17, 15) is 5.11 Å². The minimum atomic E-state index is 0.158. The lowest BCUT2D eigenvalue weighted by Crippen LogP contribution is -2.11. The minimum Gasteiger partial charge on any atom is -0.508 e. The maximum atomic E-state index is 9.57. The molecule has 0 aliphatic heterocycles. The van der Waals surface area contributed by atoms with Crippen molar-refractivity contribution in [3.8, 4) is 11.7 Å². The van der Waals surface area contributed by atoms with Crippen molar-refractivity contribution in [3.05, 3.63) is 76.6 Å². The maximum absolute atomic E-state index is 9.57. The lowest BCUT2D eigenvalue weighted by Gasteiger charge is -2.09. The first-order chi connectivity index (χ1) is 15.0. The number of aromatic nitrogens is 5. The summed E-state index contributed by atoms with van der Waals surface area (Å²) in [7, 11) is 0. The summed E-state index contributed by atoms with van der Waals surface area (Å²) in [6.07, 6.45) is 1.55. The number of hydrogen-bond acceptors (Lipinski definition) is 8. The number of aryl methyl sites for hydroxylation is 2. The number of hydrazone groups is 1. The highest BCUT2D eigenvalue weighted by molar-refractivity contribution is 6.30. The van der Waals surface area contributed by atoms with Gasteiger partial charge < -0.3 is 10.4 Å². The fourth-order valence-corrected chi connectivity index (χ4v) is 2.95. The summed E-state index contributed by atoms with van der Waals surface area (Å²) in [5, 5.41) is 21.9. The molecule has 9 nitrogen and oxygen atoms in total. The SMILES string of the molecule is Cc1cc(C)n(-c2nc(NN=Cc3cccc(O)c3)nc(Nc3ccc(Cl)cc3)n2)n1. The van der Waals surface area contributed by atoms with Gasteiger partial charge in [0, 0.05) is 16.4 Å². The van der Waals surface area contributed by atoms with Crippen LogP contribution in [0.25, 0.3) is 5.95 Å². The molecule has 2 aromatic carbocycles. The lowest BCUT2D eigenvalue weighted by atomic mass is 10.2. The van der Waals surface area contributed by atoms with E-state index in [-0.39, 0.29) is 11.7 Å². The Balaban J connectivity index is 1.65. The van der Waals surface area contributed by atoms with Crippen molar-refractivity contribution in [2.24, 2.45) is 5.10 Å². The van der Waals surface area contributed by atoms with Gasteiger partial charge in [-0.05, 0) is 61.9 Å². The van der Waals surface area contributed by atoms with Crippen LogP contribution in [-0.4, -0.2) is 36.1 Å². The summed E-state index contributed by atoms with van der Waals surface area (Å²) in [6.45, 7) is 3.82. The van der Waals surface area contributed by atoms with Gasteiger partial charge in [-0.1, -0.05) is 23.7 Å². The predicted molar refractivity (Wildman–Crippen MR) is 120 cm³/mol. The zero-order valence-corrected chi connectivity index (χ0v) is 17.5. The molecule has 0 bridgehead atoms. The quantitative estimate of drug-likeness (QED) is 0.307. The second-order valence-corrected chi connectivity index (χ2v) is 7.15. The number of phenols is 1. The molecule has 0 saturated carbocycles. The number of rotatable bonds is 6. The van der Waals surface area contributed by atoms with Crippen LogP contribution in [0.4, 0.5) is 17.6 Å². The van der Waals surface area contributed by atoms with Gasteiger partial charge in [0.1, 0.15) is 5.75 Å². The number of aromatic hydroxyl groups is 1. The van der Waals surface area contributed by atoms with E-state index in [0.29, 0.717) is 16.9 Å². The molecule has 4 rings (SSSR count). The number of hydrogen-bond donors (Lipinski definition) is 3. The first-order valence-corrected chi connectivity index (χ1v) is 9.74. The van der Waals surface area contributed by atoms with E-state index in [4.69, 9.17) is 11.6 Å². The molecule has 4 aromatic rings. The fraction of sp³-hybridized carbons (Fsp3) is 0.0952. The minimum absolute atomic E-state index is 0.158. The molecule has 0 atom stereocenters. The highest BCUT2D eigenvalue weighted by Crippen LogP contribution is 2.19. The van der Waals surface area contributed by atoms with Crippen LogP contribution in [0.3, 0.4) is 0 Å². The number of halogens is 1. The Morgan fingerprint density at radius 2 is 1.77 bits per heavy atom. The molecular weight excluding hydrogens is 416 g/mol. The van der Waals surface area contributed by atoms with Crippen LogP contribution in [0.2, 0.25) is 5.02 Å². The van der Waals surface area contributed by atoms with Crippen molar-refractivity contribution in [3.63, 3.8) is 0 Å². The highest BCUT2D eigenvalue weighted by atomic mass is 35.5. The van der Waals surface area contributed by atoms with E-state index >= 15 is 0 Å². The van der Waals surface area contributed by atoms with Crippen molar-refractivity contribution in [1.82, 2.24) is 24.7 Å². The first-order valence-electron chi connectivity index (χ1n) is 9.37. The van der Waals surface area contributed by atoms with Crippen molar-refractivity contribution in [2.75, 3.05) is 10.7 Å². The smallest absolute Gasteiger partial charge is 0.257 e. The van der Waals surface area contributed by atoms with E-state index in [0.717, 1.165) is 22.6 Å². The van der Waals surface area contributed by atoms with Crippen molar-refractivity contribution in [1.29, 1.82) is 0 Å². The van der Waals surface area contributed by atoms with Crippen LogP contribution in [0.5, 0.6) is 5.75 Å². The number of nitrogens with zero attached hydrogens (tertiary/aromatic N) is 6. The van der Waals surface area contributed by atoms with E-state index in [1.54, 1.807) is 41.2 Å². The Labute approximate surface area is 183 Å². The Morgan fingerprint density at radius 3 is 2.48 bits per heavy atom. The molecular formula is C21H19ClN8O. The summed E-state index contributed by atoms with van der Waals surface area (Å²) in [4.78, 5) is 13.3. The van der Waals surface area contributed by atoms with E-state index < -0.39 is 0 Å². The zero-order valence-electron chi connectivity index (χ0n) is 16.8. The summed E-state index contributed by atoms with van der Waals surface area (Å²) in [5.74, 6) is 1.04. The fourth-order valence-electron chi connectivity index (χ4n) is 2.83. The van der Waals surface area contributed by atoms with Crippen LogP contribution in [-0.2, 0) is 0 Å². The van der Waals surface area contributed by atoms with Crippen LogP contribution in [0, 0.1) is 13.8 Å². The molecule has 0 spiro atoms. The summed E-state index contributed by atoms with van der Waals surface area (Å²) in [6, 6.07) is 15.8. The normalized spacial score (nSPS) is 11.1.